The van der Waals surface area contributed by atoms with Crippen molar-refractivity contribution in [3.05, 3.63) is 42.2 Å². The number of benzene rings is 1. The van der Waals surface area contributed by atoms with Crippen molar-refractivity contribution in [3.63, 3.8) is 0 Å². The number of nitrogens with zero attached hydrogens (tertiary/aromatic N) is 2. The summed E-state index contributed by atoms with van der Waals surface area (Å²) in [4.78, 5) is 19.5. The molecule has 3 N–H and O–H groups in total. The summed E-state index contributed by atoms with van der Waals surface area (Å²) in [7, 11) is 0. The zero-order chi connectivity index (χ0) is 14.8. The Labute approximate surface area is 125 Å². The molecule has 2 aromatic heterocycles. The van der Waals surface area contributed by atoms with Crippen molar-refractivity contribution in [3.8, 4) is 11.1 Å². The van der Waals surface area contributed by atoms with Crippen LogP contribution in [0.15, 0.2) is 36.7 Å². The van der Waals surface area contributed by atoms with E-state index in [0.717, 1.165) is 26.9 Å². The average molecular weight is 298 g/mol. The lowest BCUT2D eigenvalue weighted by atomic mass is 10.1. The van der Waals surface area contributed by atoms with Crippen LogP contribution in [0.1, 0.15) is 12.5 Å². The molecular formula is C15H14N4OS. The van der Waals surface area contributed by atoms with Crippen LogP contribution in [0.25, 0.3) is 21.3 Å². The minimum absolute atomic E-state index is 0.0537. The predicted octanol–water partition coefficient (Wildman–Crippen LogP) is 2.58. The van der Waals surface area contributed by atoms with E-state index in [-0.39, 0.29) is 5.91 Å². The van der Waals surface area contributed by atoms with Crippen molar-refractivity contribution >= 4 is 32.6 Å². The van der Waals surface area contributed by atoms with Gasteiger partial charge in [-0.2, -0.15) is 0 Å². The lowest BCUT2D eigenvalue weighted by molar-refractivity contribution is -0.119. The molecule has 0 spiro atoms. The van der Waals surface area contributed by atoms with Gasteiger partial charge in [0.15, 0.2) is 5.13 Å². The molecule has 1 aromatic carbocycles. The maximum absolute atomic E-state index is 11.0. The Morgan fingerprint density at radius 2 is 2.14 bits per heavy atom. The molecule has 5 nitrogen and oxygen atoms in total. The lowest BCUT2D eigenvalue weighted by Gasteiger charge is -2.05. The number of nitrogen functional groups attached to an aromatic ring is 1. The molecule has 6 heteroatoms. The van der Waals surface area contributed by atoms with Gasteiger partial charge in [0.05, 0.1) is 10.2 Å². The number of thiazole rings is 1. The standard InChI is InChI=1S/C15H14N4OS/c1-9(20)18-7-10-4-12(8-17-6-10)11-2-3-13-14(5-11)21-15(16)19-13/h2-6,8H,7H2,1H3,(H2,16,19)(H,18,20). The van der Waals surface area contributed by atoms with Crippen molar-refractivity contribution in [1.82, 2.24) is 15.3 Å². The summed E-state index contributed by atoms with van der Waals surface area (Å²) in [6.45, 7) is 1.98. The summed E-state index contributed by atoms with van der Waals surface area (Å²) in [5, 5.41) is 3.34. The van der Waals surface area contributed by atoms with Crippen LogP contribution in [0.3, 0.4) is 0 Å². The maximum Gasteiger partial charge on any atom is 0.217 e. The van der Waals surface area contributed by atoms with Crippen molar-refractivity contribution in [1.29, 1.82) is 0 Å². The van der Waals surface area contributed by atoms with Crippen LogP contribution in [0, 0.1) is 0 Å². The Morgan fingerprint density at radius 1 is 1.29 bits per heavy atom. The molecule has 0 bridgehead atoms. The molecule has 0 atom stereocenters. The Balaban J connectivity index is 1.93. The zero-order valence-corrected chi connectivity index (χ0v) is 12.3. The average Bonchev–Trinajstić information content (AvgIpc) is 2.84. The molecule has 1 amide bonds. The maximum atomic E-state index is 11.0. The molecule has 0 radical (unpaired) electrons. The van der Waals surface area contributed by atoms with Crippen molar-refractivity contribution < 1.29 is 4.79 Å². The van der Waals surface area contributed by atoms with E-state index in [1.807, 2.05) is 24.4 Å². The molecule has 21 heavy (non-hydrogen) atoms. The second kappa shape index (κ2) is 5.49. The van der Waals surface area contributed by atoms with Gasteiger partial charge in [-0.1, -0.05) is 17.4 Å². The zero-order valence-electron chi connectivity index (χ0n) is 11.5. The Hall–Kier alpha value is -2.47. The number of hydrogen-bond acceptors (Lipinski definition) is 5. The summed E-state index contributed by atoms with van der Waals surface area (Å²) < 4.78 is 1.05. The van der Waals surface area contributed by atoms with Gasteiger partial charge in [-0.3, -0.25) is 9.78 Å². The Kier molecular flexibility index (Phi) is 3.53. The third-order valence-corrected chi connectivity index (χ3v) is 3.92. The van der Waals surface area contributed by atoms with E-state index in [9.17, 15) is 4.79 Å². The number of carbonyl (C=O) groups excluding carboxylic acids is 1. The fraction of sp³-hybridized carbons (Fsp3) is 0.133. The Morgan fingerprint density at radius 3 is 2.95 bits per heavy atom. The summed E-state index contributed by atoms with van der Waals surface area (Å²) >= 11 is 1.47. The first-order valence-corrected chi connectivity index (χ1v) is 7.28. The van der Waals surface area contributed by atoms with Crippen LogP contribution in [0.2, 0.25) is 0 Å². The molecule has 0 aliphatic carbocycles. The number of pyridine rings is 1. The third kappa shape index (κ3) is 3.00. The van der Waals surface area contributed by atoms with Crippen LogP contribution in [-0.4, -0.2) is 15.9 Å². The number of anilines is 1. The number of amides is 1. The number of nitrogens with one attached hydrogen (secondary N) is 1. The molecule has 2 heterocycles. The first-order valence-electron chi connectivity index (χ1n) is 6.46. The van der Waals surface area contributed by atoms with Crippen molar-refractivity contribution in [2.24, 2.45) is 0 Å². The molecule has 0 unspecified atom stereocenters. The molecular weight excluding hydrogens is 284 g/mol. The van der Waals surface area contributed by atoms with Crippen LogP contribution >= 0.6 is 11.3 Å². The highest BCUT2D eigenvalue weighted by Gasteiger charge is 2.05. The summed E-state index contributed by atoms with van der Waals surface area (Å²) in [5.74, 6) is -0.0537. The molecule has 0 saturated carbocycles. The number of nitrogens with two attached hydrogens (primary N) is 1. The Bertz CT molecular complexity index is 812. The van der Waals surface area contributed by atoms with Gasteiger partial charge in [-0.05, 0) is 29.3 Å². The van der Waals surface area contributed by atoms with E-state index in [1.54, 1.807) is 6.20 Å². The minimum atomic E-state index is -0.0537. The number of aromatic nitrogens is 2. The van der Waals surface area contributed by atoms with E-state index in [4.69, 9.17) is 5.73 Å². The molecule has 0 saturated heterocycles. The van der Waals surface area contributed by atoms with E-state index in [2.05, 4.69) is 21.4 Å². The second-order valence-corrected chi connectivity index (χ2v) is 5.79. The van der Waals surface area contributed by atoms with Gasteiger partial charge < -0.3 is 11.1 Å². The predicted molar refractivity (Wildman–Crippen MR) is 84.8 cm³/mol. The fourth-order valence-corrected chi connectivity index (χ4v) is 2.86. The highest BCUT2D eigenvalue weighted by molar-refractivity contribution is 7.22. The number of carbonyl (C=O) groups is 1. The van der Waals surface area contributed by atoms with Gasteiger partial charge >= 0.3 is 0 Å². The van der Waals surface area contributed by atoms with Gasteiger partial charge in [-0.25, -0.2) is 4.98 Å². The van der Waals surface area contributed by atoms with Gasteiger partial charge in [-0.15, -0.1) is 0 Å². The monoisotopic (exact) mass is 298 g/mol. The van der Waals surface area contributed by atoms with Crippen LogP contribution < -0.4 is 11.1 Å². The van der Waals surface area contributed by atoms with Gasteiger partial charge in [0.25, 0.3) is 0 Å². The highest BCUT2D eigenvalue weighted by Crippen LogP contribution is 2.29. The largest absolute Gasteiger partial charge is 0.375 e. The molecule has 0 aliphatic rings. The highest BCUT2D eigenvalue weighted by atomic mass is 32.1. The molecule has 106 valence electrons. The van der Waals surface area contributed by atoms with E-state index in [0.29, 0.717) is 11.7 Å². The molecule has 3 rings (SSSR count). The van der Waals surface area contributed by atoms with Crippen molar-refractivity contribution in [2.75, 3.05) is 5.73 Å². The second-order valence-electron chi connectivity index (χ2n) is 4.73. The van der Waals surface area contributed by atoms with Gasteiger partial charge in [0.1, 0.15) is 0 Å². The van der Waals surface area contributed by atoms with E-state index in [1.165, 1.54) is 18.3 Å². The summed E-state index contributed by atoms with van der Waals surface area (Å²) in [6.07, 6.45) is 3.56. The van der Waals surface area contributed by atoms with Crippen LogP contribution in [0.4, 0.5) is 5.13 Å². The molecule has 0 aliphatic heterocycles. The van der Waals surface area contributed by atoms with Crippen LogP contribution in [0.5, 0.6) is 0 Å². The SMILES string of the molecule is CC(=O)NCc1cncc(-c2ccc3nc(N)sc3c2)c1. The van der Waals surface area contributed by atoms with Gasteiger partial charge in [0.2, 0.25) is 5.91 Å². The summed E-state index contributed by atoms with van der Waals surface area (Å²) in [5.41, 5.74) is 9.66. The normalized spacial score (nSPS) is 10.7. The topological polar surface area (TPSA) is 80.9 Å². The number of rotatable bonds is 3. The van der Waals surface area contributed by atoms with Crippen LogP contribution in [-0.2, 0) is 11.3 Å². The molecule has 0 fully saturated rings. The minimum Gasteiger partial charge on any atom is -0.375 e. The van der Waals surface area contributed by atoms with E-state index < -0.39 is 0 Å². The van der Waals surface area contributed by atoms with Crippen molar-refractivity contribution in [2.45, 2.75) is 13.5 Å². The number of fused-ring (bicyclic) bond motifs is 1. The van der Waals surface area contributed by atoms with E-state index >= 15 is 0 Å². The van der Waals surface area contributed by atoms with Gasteiger partial charge in [0, 0.05) is 31.4 Å². The smallest absolute Gasteiger partial charge is 0.217 e. The third-order valence-electron chi connectivity index (χ3n) is 3.07. The fourth-order valence-electron chi connectivity index (χ4n) is 2.09. The number of hydrogen-bond donors (Lipinski definition) is 2. The molecule has 3 aromatic rings. The summed E-state index contributed by atoms with van der Waals surface area (Å²) in [6, 6.07) is 8.04. The quantitative estimate of drug-likeness (QED) is 0.778. The lowest BCUT2D eigenvalue weighted by Crippen LogP contribution is -2.18. The first-order chi connectivity index (χ1) is 10.1. The first kappa shape index (κ1) is 13.5.